The average molecular weight is 576 g/mol. The third-order valence-electron chi connectivity index (χ3n) is 7.45. The van der Waals surface area contributed by atoms with Crippen LogP contribution in [0.2, 0.25) is 0 Å². The Hall–Kier alpha value is -2.66. The minimum atomic E-state index is -4.98. The second-order valence-corrected chi connectivity index (χ2v) is 12.0. The predicted molar refractivity (Wildman–Crippen MR) is 130 cm³/mol. The van der Waals surface area contributed by atoms with E-state index in [9.17, 15) is 40.0 Å². The van der Waals surface area contributed by atoms with E-state index in [2.05, 4.69) is 11.4 Å². The summed E-state index contributed by atoms with van der Waals surface area (Å²) in [7, 11) is -3.60. The van der Waals surface area contributed by atoms with Gasteiger partial charge in [0.2, 0.25) is 10.0 Å². The molecule has 4 rings (SSSR count). The summed E-state index contributed by atoms with van der Waals surface area (Å²) in [5, 5.41) is 13.3. The molecule has 0 amide bonds. The maximum absolute atomic E-state index is 13.4. The van der Waals surface area contributed by atoms with E-state index in [4.69, 9.17) is 4.74 Å². The second-order valence-electron chi connectivity index (χ2n) is 9.98. The first-order valence-electron chi connectivity index (χ1n) is 12.3. The van der Waals surface area contributed by atoms with E-state index in [0.29, 0.717) is 18.6 Å². The number of rotatable bonds is 6. The number of alkyl halides is 6. The molecule has 0 radical (unpaired) electrons. The lowest BCUT2D eigenvalue weighted by Gasteiger charge is -2.47. The van der Waals surface area contributed by atoms with E-state index >= 15 is 0 Å². The lowest BCUT2D eigenvalue weighted by atomic mass is 9.76. The molecule has 13 heteroatoms. The van der Waals surface area contributed by atoms with Gasteiger partial charge in [-0.25, -0.2) is 8.42 Å². The summed E-state index contributed by atoms with van der Waals surface area (Å²) in [6.07, 6.45) is -10.3. The molecule has 0 spiro atoms. The van der Waals surface area contributed by atoms with Gasteiger partial charge in [-0.2, -0.15) is 35.9 Å². The number of nitriles is 1. The van der Waals surface area contributed by atoms with Crippen LogP contribution in [-0.2, 0) is 32.7 Å². The van der Waals surface area contributed by atoms with Crippen LogP contribution in [0.5, 0.6) is 0 Å². The zero-order chi connectivity index (χ0) is 28.7. The molecule has 2 fully saturated rings. The molecule has 6 nitrogen and oxygen atoms in total. The first kappa shape index (κ1) is 29.3. The molecular formula is C26H27F6N3O3S. The summed E-state index contributed by atoms with van der Waals surface area (Å²) in [5.74, 6) is -0.0439. The maximum atomic E-state index is 13.4. The van der Waals surface area contributed by atoms with Crippen molar-refractivity contribution in [1.29, 1.82) is 5.26 Å². The average Bonchev–Trinajstić information content (AvgIpc) is 3.26. The van der Waals surface area contributed by atoms with Crippen molar-refractivity contribution in [2.24, 2.45) is 0 Å². The van der Waals surface area contributed by atoms with Crippen LogP contribution in [0.25, 0.3) is 0 Å². The van der Waals surface area contributed by atoms with Crippen LogP contribution < -0.4 is 5.32 Å². The van der Waals surface area contributed by atoms with Gasteiger partial charge in [0.05, 0.1) is 41.2 Å². The van der Waals surface area contributed by atoms with Gasteiger partial charge in [0.15, 0.2) is 0 Å². The number of hydrogen-bond donors (Lipinski definition) is 1. The summed E-state index contributed by atoms with van der Waals surface area (Å²) in [6, 6.07) is 12.4. The molecule has 2 aliphatic rings. The highest BCUT2D eigenvalue weighted by Gasteiger charge is 2.52. The molecule has 2 saturated heterocycles. The molecule has 0 aliphatic carbocycles. The van der Waals surface area contributed by atoms with Gasteiger partial charge in [0.1, 0.15) is 5.54 Å². The van der Waals surface area contributed by atoms with Gasteiger partial charge < -0.3 is 10.1 Å². The SMILES string of the molecule is C[C@@H](OC[C@@]1(c2ccccc2)CC[C@](C#N)(N2CCCS2(=O)=O)CN1)c1cc(C(F)(F)F)cc(C(F)(F)F)c1. The van der Waals surface area contributed by atoms with Gasteiger partial charge in [0, 0.05) is 13.1 Å². The number of piperidine rings is 1. The third kappa shape index (κ3) is 5.94. The minimum Gasteiger partial charge on any atom is -0.372 e. The molecule has 0 saturated carbocycles. The van der Waals surface area contributed by atoms with Gasteiger partial charge in [-0.15, -0.1) is 0 Å². The highest BCUT2D eigenvalue weighted by Crippen LogP contribution is 2.41. The van der Waals surface area contributed by atoms with Gasteiger partial charge >= 0.3 is 12.4 Å². The van der Waals surface area contributed by atoms with Crippen LogP contribution in [0.15, 0.2) is 48.5 Å². The van der Waals surface area contributed by atoms with Crippen molar-refractivity contribution in [3.63, 3.8) is 0 Å². The number of ether oxygens (including phenoxy) is 1. The predicted octanol–water partition coefficient (Wildman–Crippen LogP) is 5.38. The van der Waals surface area contributed by atoms with E-state index < -0.39 is 50.7 Å². The molecule has 2 aromatic carbocycles. The lowest BCUT2D eigenvalue weighted by Crippen LogP contribution is -2.64. The molecule has 0 unspecified atom stereocenters. The fraction of sp³-hybridized carbons (Fsp3) is 0.500. The zero-order valence-corrected chi connectivity index (χ0v) is 21.8. The molecule has 212 valence electrons. The Balaban J connectivity index is 1.61. The van der Waals surface area contributed by atoms with E-state index in [1.165, 1.54) is 11.2 Å². The lowest BCUT2D eigenvalue weighted by molar-refractivity contribution is -0.143. The normalized spacial score (nSPS) is 26.7. The second kappa shape index (κ2) is 10.4. The summed E-state index contributed by atoms with van der Waals surface area (Å²) in [5.41, 5.74) is -4.70. The van der Waals surface area contributed by atoms with E-state index in [0.717, 1.165) is 5.56 Å². The first-order valence-corrected chi connectivity index (χ1v) is 13.9. The topological polar surface area (TPSA) is 82.4 Å². The number of hydrogen-bond acceptors (Lipinski definition) is 5. The van der Waals surface area contributed by atoms with Gasteiger partial charge in [-0.05, 0) is 55.5 Å². The van der Waals surface area contributed by atoms with Crippen molar-refractivity contribution in [2.45, 2.75) is 55.7 Å². The zero-order valence-electron chi connectivity index (χ0n) is 20.9. The summed E-state index contributed by atoms with van der Waals surface area (Å²) >= 11 is 0. The summed E-state index contributed by atoms with van der Waals surface area (Å²) in [4.78, 5) is 0. The first-order chi connectivity index (χ1) is 18.1. The maximum Gasteiger partial charge on any atom is 0.416 e. The van der Waals surface area contributed by atoms with E-state index in [1.807, 2.05) is 0 Å². The van der Waals surface area contributed by atoms with E-state index in [-0.39, 0.29) is 49.9 Å². The molecule has 2 aliphatic heterocycles. The number of benzene rings is 2. The van der Waals surface area contributed by atoms with Gasteiger partial charge in [-0.1, -0.05) is 30.3 Å². The Morgan fingerprint density at radius 2 is 1.67 bits per heavy atom. The van der Waals surface area contributed by atoms with Crippen molar-refractivity contribution in [3.8, 4) is 6.07 Å². The van der Waals surface area contributed by atoms with Crippen LogP contribution in [-0.4, -0.2) is 43.7 Å². The van der Waals surface area contributed by atoms with Crippen LogP contribution >= 0.6 is 0 Å². The fourth-order valence-electron chi connectivity index (χ4n) is 5.18. The Morgan fingerprint density at radius 3 is 2.13 bits per heavy atom. The molecule has 3 atom stereocenters. The molecule has 2 aromatic rings. The van der Waals surface area contributed by atoms with Crippen molar-refractivity contribution >= 4 is 10.0 Å². The Labute approximate surface area is 222 Å². The van der Waals surface area contributed by atoms with E-state index in [1.54, 1.807) is 30.3 Å². The Bertz CT molecular complexity index is 1300. The molecule has 0 bridgehead atoms. The third-order valence-corrected chi connectivity index (χ3v) is 9.46. The number of sulfonamides is 1. The Morgan fingerprint density at radius 1 is 1.05 bits per heavy atom. The monoisotopic (exact) mass is 575 g/mol. The smallest absolute Gasteiger partial charge is 0.372 e. The van der Waals surface area contributed by atoms with Crippen molar-refractivity contribution in [3.05, 3.63) is 70.8 Å². The quantitative estimate of drug-likeness (QED) is 0.468. The highest BCUT2D eigenvalue weighted by atomic mass is 32.2. The van der Waals surface area contributed by atoms with Crippen LogP contribution in [0.4, 0.5) is 26.3 Å². The number of nitrogens with zero attached hydrogens (tertiary/aromatic N) is 2. The molecular weight excluding hydrogens is 548 g/mol. The van der Waals surface area contributed by atoms with Crippen LogP contribution in [0.3, 0.4) is 0 Å². The molecule has 39 heavy (non-hydrogen) atoms. The summed E-state index contributed by atoms with van der Waals surface area (Å²) in [6.45, 7) is 1.41. The Kier molecular flexibility index (Phi) is 7.81. The molecule has 1 N–H and O–H groups in total. The summed E-state index contributed by atoms with van der Waals surface area (Å²) < 4.78 is 112. The van der Waals surface area contributed by atoms with Gasteiger partial charge in [-0.3, -0.25) is 0 Å². The van der Waals surface area contributed by atoms with Crippen molar-refractivity contribution in [2.75, 3.05) is 25.4 Å². The number of nitrogens with one attached hydrogen (secondary N) is 1. The fourth-order valence-corrected chi connectivity index (χ4v) is 7.03. The van der Waals surface area contributed by atoms with Crippen molar-refractivity contribution in [1.82, 2.24) is 9.62 Å². The highest BCUT2D eigenvalue weighted by molar-refractivity contribution is 7.89. The minimum absolute atomic E-state index is 0.0306. The standard InChI is InChI=1S/C26H27F6N3O3S/c1-18(19-12-21(25(27,28)29)14-22(13-19)26(30,31)32)38-17-24(20-6-3-2-4-7-20)9-8-23(15-33,16-34-24)35-10-5-11-39(35,36)37/h2-4,6-7,12-14,18,34H,5,8-11,16-17H2,1H3/t18-,23-,24-/m1/s1. The molecule has 2 heterocycles. The largest absolute Gasteiger partial charge is 0.416 e. The van der Waals surface area contributed by atoms with Crippen molar-refractivity contribution < 1.29 is 39.5 Å². The van der Waals surface area contributed by atoms with Crippen LogP contribution in [0, 0.1) is 11.3 Å². The van der Waals surface area contributed by atoms with Crippen LogP contribution in [0.1, 0.15) is 54.5 Å². The molecule has 0 aromatic heterocycles. The number of halogens is 6. The van der Waals surface area contributed by atoms with Gasteiger partial charge in [0.25, 0.3) is 0 Å².